The van der Waals surface area contributed by atoms with Crippen LogP contribution in [0.15, 0.2) is 66.7 Å². The number of hydrogen-bond acceptors (Lipinski definition) is 5. The number of nitrogens with zero attached hydrogens (tertiary/aromatic N) is 1. The van der Waals surface area contributed by atoms with Crippen LogP contribution in [-0.4, -0.2) is 29.0 Å². The summed E-state index contributed by atoms with van der Waals surface area (Å²) in [4.78, 5) is 55.7. The normalized spacial score (nSPS) is 23.9. The molecular weight excluding hydrogens is 546 g/mol. The van der Waals surface area contributed by atoms with E-state index < -0.39 is 63.7 Å². The van der Waals surface area contributed by atoms with Gasteiger partial charge in [-0.25, -0.2) is 4.90 Å². The molecule has 2 amide bonds. The van der Waals surface area contributed by atoms with Gasteiger partial charge in [-0.05, 0) is 35.9 Å². The largest absolute Gasteiger partial charge is 0.417 e. The van der Waals surface area contributed by atoms with E-state index in [0.29, 0.717) is 21.6 Å². The SMILES string of the molecule is O=C1[C@@H]2[C@H](c3ccc(Cl)cc3)OC3(C(=O)c4ccccc4C3=O)[C@H]2C(=O)N1c1ccc(Cl)c(C(F)(F)F)c1. The predicted octanol–water partition coefficient (Wildman–Crippen LogP) is 5.71. The van der Waals surface area contributed by atoms with Crippen molar-refractivity contribution in [2.24, 2.45) is 11.8 Å². The van der Waals surface area contributed by atoms with Crippen LogP contribution in [0.25, 0.3) is 0 Å². The number of hydrogen-bond donors (Lipinski definition) is 0. The number of fused-ring (bicyclic) bond motifs is 3. The maximum absolute atomic E-state index is 13.9. The molecule has 2 heterocycles. The molecule has 0 unspecified atom stereocenters. The van der Waals surface area contributed by atoms with Crippen molar-refractivity contribution < 1.29 is 37.1 Å². The minimum absolute atomic E-state index is 0.0394. The molecule has 3 aromatic rings. The molecule has 2 aliphatic heterocycles. The maximum atomic E-state index is 13.9. The van der Waals surface area contributed by atoms with Crippen molar-refractivity contribution in [3.8, 4) is 0 Å². The Morgan fingerprint density at radius 3 is 2.00 bits per heavy atom. The smallest absolute Gasteiger partial charge is 0.349 e. The van der Waals surface area contributed by atoms with Crippen molar-refractivity contribution in [2.75, 3.05) is 4.90 Å². The second-order valence-electron chi connectivity index (χ2n) is 9.21. The Labute approximate surface area is 222 Å². The van der Waals surface area contributed by atoms with Gasteiger partial charge >= 0.3 is 6.18 Å². The summed E-state index contributed by atoms with van der Waals surface area (Å²) >= 11 is 11.7. The molecule has 0 saturated carbocycles. The molecule has 38 heavy (non-hydrogen) atoms. The van der Waals surface area contributed by atoms with Crippen LogP contribution in [0, 0.1) is 11.8 Å². The Hall–Kier alpha value is -3.53. The first-order valence-corrected chi connectivity index (χ1v) is 12.1. The molecule has 0 N–H and O–H groups in total. The number of benzene rings is 3. The van der Waals surface area contributed by atoms with Gasteiger partial charge in [0, 0.05) is 16.1 Å². The summed E-state index contributed by atoms with van der Waals surface area (Å²) in [6.45, 7) is 0. The lowest BCUT2D eigenvalue weighted by Crippen LogP contribution is -2.51. The summed E-state index contributed by atoms with van der Waals surface area (Å²) in [6.07, 6.45) is -6.08. The first-order chi connectivity index (χ1) is 18.0. The fourth-order valence-corrected chi connectivity index (χ4v) is 5.95. The van der Waals surface area contributed by atoms with Crippen LogP contribution in [0.1, 0.15) is 37.9 Å². The van der Waals surface area contributed by atoms with E-state index in [1.807, 2.05) is 0 Å². The molecule has 3 aliphatic rings. The predicted molar refractivity (Wildman–Crippen MR) is 129 cm³/mol. The Bertz CT molecular complexity index is 1530. The Morgan fingerprint density at radius 1 is 0.816 bits per heavy atom. The van der Waals surface area contributed by atoms with Crippen LogP contribution in [0.2, 0.25) is 10.0 Å². The van der Waals surface area contributed by atoms with Crippen molar-refractivity contribution in [3.63, 3.8) is 0 Å². The van der Waals surface area contributed by atoms with Crippen molar-refractivity contribution in [1.29, 1.82) is 0 Å². The molecule has 3 atom stereocenters. The summed E-state index contributed by atoms with van der Waals surface area (Å²) in [5.41, 5.74) is -3.52. The number of carbonyl (C=O) groups is 4. The van der Waals surface area contributed by atoms with E-state index in [2.05, 4.69) is 0 Å². The van der Waals surface area contributed by atoms with E-state index in [-0.39, 0.29) is 16.8 Å². The van der Waals surface area contributed by atoms with E-state index in [9.17, 15) is 32.3 Å². The zero-order valence-electron chi connectivity index (χ0n) is 19.0. The number of carbonyl (C=O) groups excluding carboxylic acids is 4. The molecule has 0 bridgehead atoms. The molecule has 11 heteroatoms. The third kappa shape index (κ3) is 3.25. The van der Waals surface area contributed by atoms with Gasteiger partial charge in [0.2, 0.25) is 29.0 Å². The lowest BCUT2D eigenvalue weighted by Gasteiger charge is -2.27. The minimum Gasteiger partial charge on any atom is -0.349 e. The van der Waals surface area contributed by atoms with Crippen molar-refractivity contribution >= 4 is 52.3 Å². The number of imide groups is 1. The average Bonchev–Trinajstić information content (AvgIpc) is 3.44. The van der Waals surface area contributed by atoms with Crippen LogP contribution in [-0.2, 0) is 20.5 Å². The summed E-state index contributed by atoms with van der Waals surface area (Å²) in [5, 5.41) is -0.245. The van der Waals surface area contributed by atoms with Gasteiger partial charge in [-0.2, -0.15) is 13.2 Å². The lowest BCUT2D eigenvalue weighted by molar-refractivity contribution is -0.137. The monoisotopic (exact) mass is 559 g/mol. The van der Waals surface area contributed by atoms with Gasteiger partial charge < -0.3 is 4.74 Å². The summed E-state index contributed by atoms with van der Waals surface area (Å²) in [6, 6.07) is 14.7. The quantitative estimate of drug-likeness (QED) is 0.297. The zero-order valence-corrected chi connectivity index (χ0v) is 20.5. The molecule has 0 radical (unpaired) electrons. The highest BCUT2D eigenvalue weighted by Gasteiger charge is 2.74. The lowest BCUT2D eigenvalue weighted by atomic mass is 9.77. The van der Waals surface area contributed by atoms with Crippen LogP contribution >= 0.6 is 23.2 Å². The van der Waals surface area contributed by atoms with E-state index in [0.717, 1.165) is 12.1 Å². The van der Waals surface area contributed by atoms with Crippen molar-refractivity contribution in [2.45, 2.75) is 17.9 Å². The van der Waals surface area contributed by atoms with Crippen LogP contribution in [0.4, 0.5) is 18.9 Å². The molecule has 1 spiro atoms. The Morgan fingerprint density at radius 2 is 1.42 bits per heavy atom. The molecule has 0 aromatic heterocycles. The number of anilines is 1. The topological polar surface area (TPSA) is 80.8 Å². The first kappa shape index (κ1) is 24.8. The molecule has 1 aliphatic carbocycles. The van der Waals surface area contributed by atoms with Gasteiger partial charge in [0.1, 0.15) is 0 Å². The minimum atomic E-state index is -4.86. The molecule has 2 saturated heterocycles. The van der Waals surface area contributed by atoms with Gasteiger partial charge in [-0.3, -0.25) is 19.2 Å². The molecule has 3 aromatic carbocycles. The van der Waals surface area contributed by atoms with E-state index in [1.54, 1.807) is 12.1 Å². The summed E-state index contributed by atoms with van der Waals surface area (Å²) < 4.78 is 46.8. The molecule has 192 valence electrons. The number of alkyl halides is 3. The zero-order chi connectivity index (χ0) is 27.1. The first-order valence-electron chi connectivity index (χ1n) is 11.3. The molecule has 6 nitrogen and oxygen atoms in total. The number of amides is 2. The number of ketones is 2. The second-order valence-corrected chi connectivity index (χ2v) is 10.1. The number of halogens is 5. The standard InChI is InChI=1S/C27H14Cl2F3NO5/c28-13-7-5-12(6-8-13)21-19-20(26(38-21)22(34)15-3-1-2-4-16(15)23(26)35)25(37)33(24(19)36)14-9-10-18(29)17(11-14)27(30,31)32/h1-11,19-21H/t19-,20+,21-/m0/s1. The van der Waals surface area contributed by atoms with E-state index in [4.69, 9.17) is 27.9 Å². The highest BCUT2D eigenvalue weighted by atomic mass is 35.5. The van der Waals surface area contributed by atoms with Gasteiger partial charge in [-0.15, -0.1) is 0 Å². The van der Waals surface area contributed by atoms with Crippen LogP contribution in [0.3, 0.4) is 0 Å². The molecular formula is C27H14Cl2F3NO5. The molecule has 2 fully saturated rings. The fraction of sp³-hybridized carbons (Fsp3) is 0.185. The van der Waals surface area contributed by atoms with Crippen LogP contribution < -0.4 is 4.90 Å². The third-order valence-electron chi connectivity index (χ3n) is 7.23. The number of rotatable bonds is 2. The summed E-state index contributed by atoms with van der Waals surface area (Å²) in [5.74, 6) is -6.44. The fourth-order valence-electron chi connectivity index (χ4n) is 5.59. The average molecular weight is 560 g/mol. The number of Topliss-reactive ketones (excluding diaryl/α,β-unsaturated/α-hetero) is 2. The van der Waals surface area contributed by atoms with E-state index >= 15 is 0 Å². The van der Waals surface area contributed by atoms with Gasteiger partial charge in [0.15, 0.2) is 0 Å². The number of ether oxygens (including phenoxy) is 1. The Kier molecular flexibility index (Phi) is 5.37. The van der Waals surface area contributed by atoms with Crippen LogP contribution in [0.5, 0.6) is 0 Å². The maximum Gasteiger partial charge on any atom is 0.417 e. The highest BCUT2D eigenvalue weighted by Crippen LogP contribution is 2.58. The Balaban J connectivity index is 1.53. The molecule has 6 rings (SSSR count). The third-order valence-corrected chi connectivity index (χ3v) is 7.81. The van der Waals surface area contributed by atoms with Gasteiger partial charge in [-0.1, -0.05) is 59.6 Å². The van der Waals surface area contributed by atoms with Crippen molar-refractivity contribution in [3.05, 3.63) is 99.0 Å². The summed E-state index contributed by atoms with van der Waals surface area (Å²) in [7, 11) is 0. The van der Waals surface area contributed by atoms with E-state index in [1.165, 1.54) is 36.4 Å². The highest BCUT2D eigenvalue weighted by molar-refractivity contribution is 6.37. The van der Waals surface area contributed by atoms with Gasteiger partial charge in [0.05, 0.1) is 34.2 Å². The second kappa shape index (κ2) is 8.23. The van der Waals surface area contributed by atoms with Crippen molar-refractivity contribution in [1.82, 2.24) is 0 Å². The van der Waals surface area contributed by atoms with Gasteiger partial charge in [0.25, 0.3) is 0 Å².